The Morgan fingerprint density at radius 3 is 2.57 bits per heavy atom. The van der Waals surface area contributed by atoms with Crippen molar-refractivity contribution in [1.82, 2.24) is 4.90 Å². The highest BCUT2D eigenvalue weighted by atomic mass is 16.5. The lowest BCUT2D eigenvalue weighted by Gasteiger charge is -2.29. The number of nitrogens with two attached hydrogens (primary N) is 1. The predicted molar refractivity (Wildman–Crippen MR) is 127 cm³/mol. The molecule has 2 unspecified atom stereocenters. The van der Waals surface area contributed by atoms with Crippen LogP contribution < -0.4 is 5.73 Å². The van der Waals surface area contributed by atoms with Gasteiger partial charge in [0.1, 0.15) is 6.04 Å². The molecular weight excluding hydrogens is 456 g/mol. The van der Waals surface area contributed by atoms with E-state index in [2.05, 4.69) is 6.58 Å². The van der Waals surface area contributed by atoms with Gasteiger partial charge < -0.3 is 35.4 Å². The van der Waals surface area contributed by atoms with Gasteiger partial charge in [-0.25, -0.2) is 4.79 Å². The molecule has 0 bridgehead atoms. The van der Waals surface area contributed by atoms with Gasteiger partial charge in [0.15, 0.2) is 11.5 Å². The van der Waals surface area contributed by atoms with Crippen LogP contribution in [0.5, 0.6) is 11.5 Å². The molecular formula is C25H32N2O8. The van der Waals surface area contributed by atoms with Crippen molar-refractivity contribution < 1.29 is 39.2 Å². The summed E-state index contributed by atoms with van der Waals surface area (Å²) in [7, 11) is 1.26. The van der Waals surface area contributed by atoms with Crippen LogP contribution in [0.25, 0.3) is 0 Å². The molecule has 0 amide bonds. The van der Waals surface area contributed by atoms with E-state index in [1.807, 2.05) is 0 Å². The third-order valence-electron chi connectivity index (χ3n) is 5.62. The van der Waals surface area contributed by atoms with Crippen molar-refractivity contribution in [3.05, 3.63) is 60.0 Å². The highest BCUT2D eigenvalue weighted by Gasteiger charge is 2.31. The number of carboxylic acid groups (broad SMARTS) is 1. The fraction of sp³-hybridized carbons (Fsp3) is 0.400. The Morgan fingerprint density at radius 2 is 1.94 bits per heavy atom. The fourth-order valence-electron chi connectivity index (χ4n) is 3.65. The Morgan fingerprint density at radius 1 is 1.20 bits per heavy atom. The summed E-state index contributed by atoms with van der Waals surface area (Å²) >= 11 is 0. The number of methoxy groups -OCH3 is 1. The van der Waals surface area contributed by atoms with Gasteiger partial charge in [-0.15, -0.1) is 0 Å². The quantitative estimate of drug-likeness (QED) is 0.184. The fourth-order valence-corrected chi connectivity index (χ4v) is 3.65. The molecule has 2 atom stereocenters. The van der Waals surface area contributed by atoms with Crippen molar-refractivity contribution >= 4 is 17.9 Å². The Labute approximate surface area is 203 Å². The number of phenolic OH excluding ortho intramolecular Hbond substituents is 2. The Hall–Kier alpha value is -3.79. The molecule has 10 heteroatoms. The van der Waals surface area contributed by atoms with Gasteiger partial charge in [0.25, 0.3) is 0 Å². The average molecular weight is 489 g/mol. The van der Waals surface area contributed by atoms with Crippen molar-refractivity contribution in [2.24, 2.45) is 11.7 Å². The largest absolute Gasteiger partial charge is 0.504 e. The van der Waals surface area contributed by atoms with Crippen LogP contribution in [0, 0.1) is 5.92 Å². The first-order valence-electron chi connectivity index (χ1n) is 11.2. The SMILES string of the molecule is C=CC1=CN(CCCCC(N)C(=O)O)C=C(C(=O)OC)C1CC(=O)OCCc1ccc(O)c(O)c1. The number of carbonyl (C=O) groups excluding carboxylic acids is 2. The zero-order chi connectivity index (χ0) is 26.0. The summed E-state index contributed by atoms with van der Waals surface area (Å²) in [6, 6.07) is 3.46. The zero-order valence-corrected chi connectivity index (χ0v) is 19.7. The minimum atomic E-state index is -1.04. The summed E-state index contributed by atoms with van der Waals surface area (Å²) in [5.74, 6) is -3.21. The molecule has 1 aliphatic rings. The van der Waals surface area contributed by atoms with Crippen molar-refractivity contribution in [1.29, 1.82) is 0 Å². The minimum absolute atomic E-state index is 0.0603. The van der Waals surface area contributed by atoms with Gasteiger partial charge in [-0.05, 0) is 42.5 Å². The maximum atomic E-state index is 12.5. The summed E-state index contributed by atoms with van der Waals surface area (Å²) in [5, 5.41) is 27.8. The van der Waals surface area contributed by atoms with Gasteiger partial charge >= 0.3 is 17.9 Å². The standard InChI is InChI=1S/C25H32N2O8/c1-3-17-14-27(10-5-4-6-20(26)24(31)32)15-19(25(33)34-2)18(17)13-23(30)35-11-9-16-7-8-21(28)22(29)12-16/h3,7-8,12,14-15,18,20,28-29H,1,4-6,9-11,13,26H2,2H3,(H,31,32). The Bertz CT molecular complexity index is 1000. The van der Waals surface area contributed by atoms with Crippen LogP contribution in [0.2, 0.25) is 0 Å². The van der Waals surface area contributed by atoms with Gasteiger partial charge in [-0.2, -0.15) is 0 Å². The van der Waals surface area contributed by atoms with Crippen molar-refractivity contribution in [3.8, 4) is 11.5 Å². The third-order valence-corrected chi connectivity index (χ3v) is 5.62. The third kappa shape index (κ3) is 8.18. The van der Waals surface area contributed by atoms with Gasteiger partial charge in [-0.1, -0.05) is 18.7 Å². The molecule has 0 radical (unpaired) electrons. The number of esters is 2. The molecule has 0 spiro atoms. The van der Waals surface area contributed by atoms with E-state index in [0.717, 1.165) is 0 Å². The first kappa shape index (κ1) is 27.5. The van der Waals surface area contributed by atoms with Crippen LogP contribution in [-0.4, -0.2) is 64.4 Å². The number of allylic oxidation sites excluding steroid dienone is 2. The van der Waals surface area contributed by atoms with E-state index >= 15 is 0 Å². The van der Waals surface area contributed by atoms with Crippen LogP contribution in [0.4, 0.5) is 0 Å². The number of nitrogens with zero attached hydrogens (tertiary/aromatic N) is 1. The highest BCUT2D eigenvalue weighted by Crippen LogP contribution is 2.31. The summed E-state index contributed by atoms with van der Waals surface area (Å²) in [6.07, 6.45) is 6.80. The molecule has 1 aromatic rings. The van der Waals surface area contributed by atoms with Crippen molar-refractivity contribution in [2.45, 2.75) is 38.1 Å². The Balaban J connectivity index is 1.98. The number of benzene rings is 1. The van der Waals surface area contributed by atoms with Crippen LogP contribution in [-0.2, 0) is 30.3 Å². The van der Waals surface area contributed by atoms with E-state index in [-0.39, 0.29) is 30.1 Å². The van der Waals surface area contributed by atoms with E-state index in [4.69, 9.17) is 20.3 Å². The molecule has 0 aromatic heterocycles. The number of rotatable bonds is 13. The predicted octanol–water partition coefficient (Wildman–Crippen LogP) is 2.21. The molecule has 0 fully saturated rings. The van der Waals surface area contributed by atoms with E-state index < -0.39 is 29.9 Å². The molecule has 0 aliphatic carbocycles. The van der Waals surface area contributed by atoms with E-state index in [9.17, 15) is 24.6 Å². The molecule has 10 nitrogen and oxygen atoms in total. The summed E-state index contributed by atoms with van der Waals surface area (Å²) in [5.41, 5.74) is 7.15. The second kappa shape index (κ2) is 13.2. The Kier molecular flexibility index (Phi) is 10.3. The maximum absolute atomic E-state index is 12.5. The molecule has 0 saturated heterocycles. The maximum Gasteiger partial charge on any atom is 0.335 e. The number of carboxylic acids is 1. The molecule has 1 heterocycles. The van der Waals surface area contributed by atoms with Crippen LogP contribution in [0.15, 0.2) is 54.4 Å². The molecule has 0 saturated carbocycles. The molecule has 2 rings (SSSR count). The monoisotopic (exact) mass is 488 g/mol. The van der Waals surface area contributed by atoms with Gasteiger partial charge in [0, 0.05) is 31.3 Å². The average Bonchev–Trinajstić information content (AvgIpc) is 2.83. The van der Waals surface area contributed by atoms with Crippen molar-refractivity contribution in [3.63, 3.8) is 0 Å². The number of phenols is 2. The van der Waals surface area contributed by atoms with Gasteiger partial charge in [0.2, 0.25) is 0 Å². The number of aliphatic carboxylic acids is 1. The van der Waals surface area contributed by atoms with E-state index in [1.165, 1.54) is 19.2 Å². The first-order chi connectivity index (χ1) is 16.7. The lowest BCUT2D eigenvalue weighted by atomic mass is 9.86. The lowest BCUT2D eigenvalue weighted by molar-refractivity contribution is -0.144. The van der Waals surface area contributed by atoms with Gasteiger partial charge in [-0.3, -0.25) is 9.59 Å². The zero-order valence-electron chi connectivity index (χ0n) is 19.7. The van der Waals surface area contributed by atoms with E-state index in [1.54, 1.807) is 29.4 Å². The molecule has 1 aromatic carbocycles. The second-order valence-corrected chi connectivity index (χ2v) is 8.14. The molecule has 190 valence electrons. The lowest BCUT2D eigenvalue weighted by Crippen LogP contribution is -2.30. The number of hydrogen-bond donors (Lipinski definition) is 4. The van der Waals surface area contributed by atoms with E-state index in [0.29, 0.717) is 43.4 Å². The summed E-state index contributed by atoms with van der Waals surface area (Å²) in [4.78, 5) is 37.6. The number of hydrogen-bond acceptors (Lipinski definition) is 9. The molecule has 35 heavy (non-hydrogen) atoms. The number of unbranched alkanes of at least 4 members (excludes halogenated alkanes) is 1. The number of ether oxygens (including phenoxy) is 2. The topological polar surface area (TPSA) is 160 Å². The second-order valence-electron chi connectivity index (χ2n) is 8.14. The number of aromatic hydroxyl groups is 2. The minimum Gasteiger partial charge on any atom is -0.504 e. The van der Waals surface area contributed by atoms with Crippen LogP contribution >= 0.6 is 0 Å². The summed E-state index contributed by atoms with van der Waals surface area (Å²) < 4.78 is 10.2. The van der Waals surface area contributed by atoms with Crippen LogP contribution in [0.3, 0.4) is 0 Å². The smallest absolute Gasteiger partial charge is 0.335 e. The van der Waals surface area contributed by atoms with Gasteiger partial charge in [0.05, 0.1) is 25.7 Å². The highest BCUT2D eigenvalue weighted by molar-refractivity contribution is 5.91. The normalized spacial score (nSPS) is 16.1. The number of carbonyl (C=O) groups is 3. The molecule has 1 aliphatic heterocycles. The van der Waals surface area contributed by atoms with Crippen molar-refractivity contribution in [2.75, 3.05) is 20.3 Å². The first-order valence-corrected chi connectivity index (χ1v) is 11.2. The molecule has 5 N–H and O–H groups in total. The van der Waals surface area contributed by atoms with Crippen LogP contribution in [0.1, 0.15) is 31.2 Å². The summed E-state index contributed by atoms with van der Waals surface area (Å²) in [6.45, 7) is 4.37.